The number of imide groups is 1. The summed E-state index contributed by atoms with van der Waals surface area (Å²) in [7, 11) is 0. The van der Waals surface area contributed by atoms with Gasteiger partial charge in [-0.15, -0.1) is 11.8 Å². The summed E-state index contributed by atoms with van der Waals surface area (Å²) in [6.45, 7) is 2.43. The second-order valence-corrected chi connectivity index (χ2v) is 9.53. The van der Waals surface area contributed by atoms with Gasteiger partial charge in [0, 0.05) is 22.0 Å². The van der Waals surface area contributed by atoms with Crippen LogP contribution in [0.4, 0.5) is 11.4 Å². The number of thioether (sulfide) groups is 1. The zero-order chi connectivity index (χ0) is 24.2. The fraction of sp³-hybridized carbons (Fsp3) is 0.160. The van der Waals surface area contributed by atoms with Gasteiger partial charge in [0.05, 0.1) is 28.1 Å². The van der Waals surface area contributed by atoms with Crippen molar-refractivity contribution in [2.75, 3.05) is 16.8 Å². The molecule has 0 aliphatic carbocycles. The number of ether oxygens (including phenoxy) is 1. The van der Waals surface area contributed by atoms with E-state index in [-0.39, 0.29) is 29.2 Å². The Kier molecular flexibility index (Phi) is 7.46. The van der Waals surface area contributed by atoms with E-state index in [1.165, 1.54) is 22.7 Å². The topological polar surface area (TPSA) is 75.7 Å². The number of amides is 3. The summed E-state index contributed by atoms with van der Waals surface area (Å²) in [6.07, 6.45) is 0.115. The van der Waals surface area contributed by atoms with Crippen molar-refractivity contribution in [3.05, 3.63) is 82.3 Å². The standard InChI is InChI=1S/C25H20Cl2N2O4S/c1-2-33-18-8-6-17(7-9-18)29-23(30)14-22(25(29)32)34-19-10-4-16(5-11-19)28-24(31)20-12-3-15(26)13-21(20)27/h3-13,22H,2,14H2,1H3,(H,28,31). The van der Waals surface area contributed by atoms with Crippen LogP contribution in [0.15, 0.2) is 71.6 Å². The molecule has 4 rings (SSSR count). The van der Waals surface area contributed by atoms with Crippen molar-refractivity contribution < 1.29 is 19.1 Å². The van der Waals surface area contributed by atoms with Gasteiger partial charge in [-0.2, -0.15) is 0 Å². The third-order valence-corrected chi connectivity index (χ3v) is 6.82. The van der Waals surface area contributed by atoms with Gasteiger partial charge in [-0.25, -0.2) is 4.90 Å². The normalized spacial score (nSPS) is 15.5. The number of carbonyl (C=O) groups excluding carboxylic acids is 3. The van der Waals surface area contributed by atoms with Crippen molar-refractivity contribution in [2.24, 2.45) is 0 Å². The second-order valence-electron chi connectivity index (χ2n) is 7.41. The van der Waals surface area contributed by atoms with Crippen molar-refractivity contribution in [1.82, 2.24) is 0 Å². The SMILES string of the molecule is CCOc1ccc(N2C(=O)CC(Sc3ccc(NC(=O)c4ccc(Cl)cc4Cl)cc3)C2=O)cc1. The summed E-state index contributed by atoms with van der Waals surface area (Å²) in [5.74, 6) is -0.171. The zero-order valence-electron chi connectivity index (χ0n) is 18.1. The van der Waals surface area contributed by atoms with Gasteiger partial charge in [-0.05, 0) is 73.7 Å². The Labute approximate surface area is 211 Å². The minimum Gasteiger partial charge on any atom is -0.494 e. The smallest absolute Gasteiger partial charge is 0.257 e. The predicted octanol–water partition coefficient (Wildman–Crippen LogP) is 6.07. The molecule has 1 N–H and O–H groups in total. The number of hydrogen-bond acceptors (Lipinski definition) is 5. The van der Waals surface area contributed by atoms with Gasteiger partial charge in [0.2, 0.25) is 11.8 Å². The summed E-state index contributed by atoms with van der Waals surface area (Å²) in [5.41, 5.74) is 1.42. The number of nitrogens with zero attached hydrogens (tertiary/aromatic N) is 1. The highest BCUT2D eigenvalue weighted by Gasteiger charge is 2.40. The van der Waals surface area contributed by atoms with Crippen molar-refractivity contribution in [3.8, 4) is 5.75 Å². The van der Waals surface area contributed by atoms with E-state index in [1.54, 1.807) is 60.7 Å². The van der Waals surface area contributed by atoms with Crippen LogP contribution in [0, 0.1) is 0 Å². The summed E-state index contributed by atoms with van der Waals surface area (Å²) >= 11 is 13.3. The quantitative estimate of drug-likeness (QED) is 0.387. The Balaban J connectivity index is 1.39. The first-order valence-electron chi connectivity index (χ1n) is 10.5. The first-order chi connectivity index (χ1) is 16.4. The minimum absolute atomic E-state index is 0.115. The first kappa shape index (κ1) is 24.1. The van der Waals surface area contributed by atoms with Crippen molar-refractivity contribution in [1.29, 1.82) is 0 Å². The van der Waals surface area contributed by atoms with Crippen LogP contribution >= 0.6 is 35.0 Å². The number of hydrogen-bond donors (Lipinski definition) is 1. The Bertz CT molecular complexity index is 1230. The van der Waals surface area contributed by atoms with E-state index in [4.69, 9.17) is 27.9 Å². The van der Waals surface area contributed by atoms with E-state index in [1.807, 2.05) is 6.92 Å². The Morgan fingerprint density at radius 1 is 1.06 bits per heavy atom. The summed E-state index contributed by atoms with van der Waals surface area (Å²) in [6, 6.07) is 18.6. The van der Waals surface area contributed by atoms with E-state index in [0.717, 1.165) is 4.90 Å². The van der Waals surface area contributed by atoms with E-state index in [2.05, 4.69) is 5.32 Å². The average Bonchev–Trinajstić information content (AvgIpc) is 3.08. The molecule has 1 saturated heterocycles. The maximum absolute atomic E-state index is 12.9. The molecule has 1 heterocycles. The second kappa shape index (κ2) is 10.5. The van der Waals surface area contributed by atoms with Gasteiger partial charge in [0.1, 0.15) is 5.75 Å². The molecule has 0 radical (unpaired) electrons. The lowest BCUT2D eigenvalue weighted by Crippen LogP contribution is -2.31. The van der Waals surface area contributed by atoms with Crippen molar-refractivity contribution in [3.63, 3.8) is 0 Å². The molecule has 0 spiro atoms. The highest BCUT2D eigenvalue weighted by Crippen LogP contribution is 2.35. The molecule has 174 valence electrons. The van der Waals surface area contributed by atoms with Crippen LogP contribution < -0.4 is 15.0 Å². The van der Waals surface area contributed by atoms with Crippen LogP contribution in [0.1, 0.15) is 23.7 Å². The van der Waals surface area contributed by atoms with Gasteiger partial charge in [-0.1, -0.05) is 23.2 Å². The van der Waals surface area contributed by atoms with E-state index < -0.39 is 5.25 Å². The van der Waals surface area contributed by atoms with Gasteiger partial charge < -0.3 is 10.1 Å². The average molecular weight is 515 g/mol. The van der Waals surface area contributed by atoms with Crippen LogP contribution in [0.2, 0.25) is 10.0 Å². The third kappa shape index (κ3) is 5.38. The molecular weight excluding hydrogens is 495 g/mol. The molecule has 3 aromatic rings. The lowest BCUT2D eigenvalue weighted by molar-refractivity contribution is -0.121. The molecule has 0 saturated carbocycles. The third-order valence-electron chi connectivity index (χ3n) is 5.08. The first-order valence-corrected chi connectivity index (χ1v) is 12.1. The lowest BCUT2D eigenvalue weighted by Gasteiger charge is -2.15. The van der Waals surface area contributed by atoms with Crippen LogP contribution in [-0.2, 0) is 9.59 Å². The van der Waals surface area contributed by atoms with E-state index in [9.17, 15) is 14.4 Å². The van der Waals surface area contributed by atoms with E-state index >= 15 is 0 Å². The number of anilines is 2. The number of nitrogens with one attached hydrogen (secondary N) is 1. The lowest BCUT2D eigenvalue weighted by atomic mass is 10.2. The molecule has 1 unspecified atom stereocenters. The molecule has 9 heteroatoms. The van der Waals surface area contributed by atoms with E-state index in [0.29, 0.717) is 34.3 Å². The van der Waals surface area contributed by atoms with Crippen molar-refractivity contribution in [2.45, 2.75) is 23.5 Å². The Morgan fingerprint density at radius 2 is 1.76 bits per heavy atom. The fourth-order valence-corrected chi connectivity index (χ4v) is 5.03. The highest BCUT2D eigenvalue weighted by molar-refractivity contribution is 8.00. The summed E-state index contributed by atoms with van der Waals surface area (Å²) < 4.78 is 5.42. The zero-order valence-corrected chi connectivity index (χ0v) is 20.4. The molecule has 0 aromatic heterocycles. The number of halogens is 2. The van der Waals surface area contributed by atoms with Gasteiger partial charge in [-0.3, -0.25) is 14.4 Å². The maximum atomic E-state index is 12.9. The molecular formula is C25H20Cl2N2O4S. The number of carbonyl (C=O) groups is 3. The maximum Gasteiger partial charge on any atom is 0.257 e. The van der Waals surface area contributed by atoms with Crippen LogP contribution in [-0.4, -0.2) is 29.6 Å². The number of rotatable bonds is 7. The monoisotopic (exact) mass is 514 g/mol. The van der Waals surface area contributed by atoms with Crippen molar-refractivity contribution >= 4 is 64.1 Å². The summed E-state index contributed by atoms with van der Waals surface area (Å²) in [5, 5.41) is 2.97. The van der Waals surface area contributed by atoms with Gasteiger partial charge in [0.15, 0.2) is 0 Å². The molecule has 1 aliphatic rings. The molecule has 3 amide bonds. The largest absolute Gasteiger partial charge is 0.494 e. The Hall–Kier alpha value is -3.00. The summed E-state index contributed by atoms with van der Waals surface area (Å²) in [4.78, 5) is 40.0. The van der Waals surface area contributed by atoms with Crippen LogP contribution in [0.3, 0.4) is 0 Å². The van der Waals surface area contributed by atoms with Gasteiger partial charge in [0.25, 0.3) is 5.91 Å². The predicted molar refractivity (Wildman–Crippen MR) is 135 cm³/mol. The van der Waals surface area contributed by atoms with Gasteiger partial charge >= 0.3 is 0 Å². The molecule has 0 bridgehead atoms. The van der Waals surface area contributed by atoms with Crippen LogP contribution in [0.25, 0.3) is 0 Å². The number of benzene rings is 3. The molecule has 1 fully saturated rings. The molecule has 1 atom stereocenters. The van der Waals surface area contributed by atoms with Crippen LogP contribution in [0.5, 0.6) is 5.75 Å². The molecule has 3 aromatic carbocycles. The Morgan fingerprint density at radius 3 is 2.41 bits per heavy atom. The minimum atomic E-state index is -0.521. The highest BCUT2D eigenvalue weighted by atomic mass is 35.5. The fourth-order valence-electron chi connectivity index (χ4n) is 3.48. The molecule has 1 aliphatic heterocycles. The molecule has 34 heavy (non-hydrogen) atoms. The molecule has 6 nitrogen and oxygen atoms in total.